The van der Waals surface area contributed by atoms with Crippen molar-refractivity contribution in [1.82, 2.24) is 14.8 Å². The lowest BCUT2D eigenvalue weighted by molar-refractivity contribution is -0.134. The number of carbonyl (C=O) groups is 2. The van der Waals surface area contributed by atoms with Gasteiger partial charge in [-0.25, -0.2) is 0 Å². The summed E-state index contributed by atoms with van der Waals surface area (Å²) in [5.41, 5.74) is 0.578. The van der Waals surface area contributed by atoms with Crippen LogP contribution in [0.4, 0.5) is 0 Å². The molecule has 1 saturated heterocycles. The summed E-state index contributed by atoms with van der Waals surface area (Å²) in [7, 11) is 0. The average Bonchev–Trinajstić information content (AvgIpc) is 3.25. The molecule has 0 bridgehead atoms. The van der Waals surface area contributed by atoms with Gasteiger partial charge in [0.1, 0.15) is 0 Å². The van der Waals surface area contributed by atoms with Crippen LogP contribution >= 0.6 is 27.3 Å². The Balaban J connectivity index is 1.33. The molecule has 2 atom stereocenters. The van der Waals surface area contributed by atoms with E-state index in [0.29, 0.717) is 37.7 Å². The molecule has 130 valence electrons. The highest BCUT2D eigenvalue weighted by atomic mass is 79.9. The summed E-state index contributed by atoms with van der Waals surface area (Å²) in [6.45, 7) is 2.38. The van der Waals surface area contributed by atoms with Gasteiger partial charge in [0, 0.05) is 59.8 Å². The van der Waals surface area contributed by atoms with Gasteiger partial charge >= 0.3 is 0 Å². The van der Waals surface area contributed by atoms with E-state index in [0.717, 1.165) is 10.9 Å². The van der Waals surface area contributed by atoms with Crippen molar-refractivity contribution in [2.45, 2.75) is 12.3 Å². The number of amides is 2. The summed E-state index contributed by atoms with van der Waals surface area (Å²) in [6.07, 6.45) is 4.20. The molecule has 0 aromatic carbocycles. The predicted octanol–water partition coefficient (Wildman–Crippen LogP) is 2.99. The van der Waals surface area contributed by atoms with E-state index in [1.807, 2.05) is 11.0 Å². The van der Waals surface area contributed by atoms with E-state index in [4.69, 9.17) is 0 Å². The van der Waals surface area contributed by atoms with Crippen LogP contribution in [0, 0.1) is 5.92 Å². The maximum absolute atomic E-state index is 12.7. The second-order valence-electron chi connectivity index (χ2n) is 6.47. The maximum atomic E-state index is 12.7. The van der Waals surface area contributed by atoms with Crippen molar-refractivity contribution >= 4 is 39.1 Å². The topological polar surface area (TPSA) is 53.5 Å². The van der Waals surface area contributed by atoms with Gasteiger partial charge in [-0.3, -0.25) is 14.6 Å². The Bertz CT molecular complexity index is 787. The van der Waals surface area contributed by atoms with Gasteiger partial charge in [0.05, 0.1) is 5.56 Å². The molecule has 4 rings (SSSR count). The highest BCUT2D eigenvalue weighted by Gasteiger charge is 2.46. The minimum Gasteiger partial charge on any atom is -0.339 e. The molecule has 1 aliphatic carbocycles. The number of piperazine rings is 1. The van der Waals surface area contributed by atoms with Crippen LogP contribution in [0.3, 0.4) is 0 Å². The molecule has 7 heteroatoms. The van der Waals surface area contributed by atoms with Crippen LogP contribution in [0.1, 0.15) is 27.6 Å². The molecule has 1 saturated carbocycles. The highest BCUT2D eigenvalue weighted by molar-refractivity contribution is 9.10. The first-order chi connectivity index (χ1) is 12.1. The van der Waals surface area contributed by atoms with Gasteiger partial charge in [0.25, 0.3) is 5.91 Å². The highest BCUT2D eigenvalue weighted by Crippen LogP contribution is 2.50. The Kier molecular flexibility index (Phi) is 4.60. The van der Waals surface area contributed by atoms with Crippen molar-refractivity contribution in [3.63, 3.8) is 0 Å². The zero-order chi connectivity index (χ0) is 17.4. The lowest BCUT2D eigenvalue weighted by atomic mass is 10.2. The second-order valence-corrected chi connectivity index (χ2v) is 8.37. The SMILES string of the molecule is O=C(c1cncc(Br)c1)N1CCN(C(=O)C2CC2c2cccs2)CC1. The van der Waals surface area contributed by atoms with Gasteiger partial charge in [-0.05, 0) is 39.9 Å². The number of pyridine rings is 1. The number of hydrogen-bond acceptors (Lipinski definition) is 4. The summed E-state index contributed by atoms with van der Waals surface area (Å²) >= 11 is 5.07. The third kappa shape index (κ3) is 3.48. The number of rotatable bonds is 3. The molecule has 2 aliphatic rings. The van der Waals surface area contributed by atoms with Crippen molar-refractivity contribution in [3.8, 4) is 0 Å². The number of hydrogen-bond donors (Lipinski definition) is 0. The van der Waals surface area contributed by atoms with Crippen LogP contribution in [0.2, 0.25) is 0 Å². The van der Waals surface area contributed by atoms with Crippen molar-refractivity contribution < 1.29 is 9.59 Å². The van der Waals surface area contributed by atoms with Crippen molar-refractivity contribution in [2.24, 2.45) is 5.92 Å². The van der Waals surface area contributed by atoms with E-state index >= 15 is 0 Å². The van der Waals surface area contributed by atoms with Crippen LogP contribution in [0.15, 0.2) is 40.4 Å². The maximum Gasteiger partial charge on any atom is 0.255 e. The number of aromatic nitrogens is 1. The van der Waals surface area contributed by atoms with Gasteiger partial charge in [-0.2, -0.15) is 0 Å². The fourth-order valence-electron chi connectivity index (χ4n) is 3.36. The Morgan fingerprint density at radius 2 is 1.92 bits per heavy atom. The van der Waals surface area contributed by atoms with Crippen LogP contribution < -0.4 is 0 Å². The van der Waals surface area contributed by atoms with E-state index in [2.05, 4.69) is 32.4 Å². The van der Waals surface area contributed by atoms with Gasteiger partial charge < -0.3 is 9.80 Å². The van der Waals surface area contributed by atoms with E-state index < -0.39 is 0 Å². The van der Waals surface area contributed by atoms with Crippen molar-refractivity contribution in [3.05, 3.63) is 50.9 Å². The molecule has 5 nitrogen and oxygen atoms in total. The smallest absolute Gasteiger partial charge is 0.255 e. The van der Waals surface area contributed by atoms with Gasteiger partial charge in [-0.15, -0.1) is 11.3 Å². The fraction of sp³-hybridized carbons (Fsp3) is 0.389. The third-order valence-corrected chi connectivity index (χ3v) is 6.28. The normalized spacial score (nSPS) is 22.8. The molecule has 2 aromatic heterocycles. The Labute approximate surface area is 158 Å². The number of thiophene rings is 1. The summed E-state index contributed by atoms with van der Waals surface area (Å²) in [5, 5.41) is 2.07. The van der Waals surface area contributed by atoms with E-state index in [9.17, 15) is 9.59 Å². The molecule has 0 N–H and O–H groups in total. The molecular weight excluding hydrogens is 402 g/mol. The standard InChI is InChI=1S/C18H18BrN3O2S/c19-13-8-12(10-20-11-13)17(23)21-3-5-22(6-4-21)18(24)15-9-14(15)16-2-1-7-25-16/h1-2,7-8,10-11,14-15H,3-6,9H2. The number of carbonyl (C=O) groups excluding carboxylic acids is 2. The Morgan fingerprint density at radius 1 is 1.16 bits per heavy atom. The van der Waals surface area contributed by atoms with Gasteiger partial charge in [-0.1, -0.05) is 6.07 Å². The van der Waals surface area contributed by atoms with E-state index in [1.165, 1.54) is 4.88 Å². The lowest BCUT2D eigenvalue weighted by Gasteiger charge is -2.35. The molecule has 2 amide bonds. The number of nitrogens with zero attached hydrogens (tertiary/aromatic N) is 3. The number of halogens is 1. The molecule has 2 aromatic rings. The minimum atomic E-state index is -0.0243. The molecule has 1 aliphatic heterocycles. The predicted molar refractivity (Wildman–Crippen MR) is 99.6 cm³/mol. The summed E-state index contributed by atoms with van der Waals surface area (Å²) in [4.78, 5) is 34.3. The summed E-state index contributed by atoms with van der Waals surface area (Å²) in [5.74, 6) is 0.758. The lowest BCUT2D eigenvalue weighted by Crippen LogP contribution is -2.51. The second kappa shape index (κ2) is 6.88. The molecule has 0 spiro atoms. The first kappa shape index (κ1) is 16.7. The zero-order valence-electron chi connectivity index (χ0n) is 13.6. The quantitative estimate of drug-likeness (QED) is 0.767. The van der Waals surface area contributed by atoms with Crippen LogP contribution in [-0.2, 0) is 4.79 Å². The molecular formula is C18H18BrN3O2S. The monoisotopic (exact) mass is 419 g/mol. The molecule has 2 fully saturated rings. The average molecular weight is 420 g/mol. The minimum absolute atomic E-state index is 0.0243. The third-order valence-electron chi connectivity index (χ3n) is 4.85. The van der Waals surface area contributed by atoms with Crippen molar-refractivity contribution in [2.75, 3.05) is 26.2 Å². The Hall–Kier alpha value is -1.73. The molecule has 2 unspecified atom stereocenters. The molecule has 0 radical (unpaired) electrons. The Morgan fingerprint density at radius 3 is 2.60 bits per heavy atom. The summed E-state index contributed by atoms with van der Waals surface area (Å²) in [6, 6.07) is 5.94. The van der Waals surface area contributed by atoms with Crippen molar-refractivity contribution in [1.29, 1.82) is 0 Å². The molecule has 3 heterocycles. The first-order valence-corrected chi connectivity index (χ1v) is 10.0. The first-order valence-electron chi connectivity index (χ1n) is 8.35. The zero-order valence-corrected chi connectivity index (χ0v) is 16.0. The summed E-state index contributed by atoms with van der Waals surface area (Å²) < 4.78 is 0.792. The van der Waals surface area contributed by atoms with Crippen LogP contribution in [0.5, 0.6) is 0 Å². The fourth-order valence-corrected chi connectivity index (χ4v) is 4.63. The van der Waals surface area contributed by atoms with Crippen LogP contribution in [-0.4, -0.2) is 52.8 Å². The van der Waals surface area contributed by atoms with E-state index in [1.54, 1.807) is 34.7 Å². The largest absolute Gasteiger partial charge is 0.339 e. The van der Waals surface area contributed by atoms with E-state index in [-0.39, 0.29) is 17.7 Å². The van der Waals surface area contributed by atoms with Crippen LogP contribution in [0.25, 0.3) is 0 Å². The molecule has 25 heavy (non-hydrogen) atoms. The van der Waals surface area contributed by atoms with Gasteiger partial charge in [0.15, 0.2) is 0 Å². The van der Waals surface area contributed by atoms with Gasteiger partial charge in [0.2, 0.25) is 5.91 Å².